The summed E-state index contributed by atoms with van der Waals surface area (Å²) in [7, 11) is -3.68. The Balaban J connectivity index is 2.70. The van der Waals surface area contributed by atoms with Gasteiger partial charge in [-0.15, -0.1) is 0 Å². The Labute approximate surface area is 191 Å². The molecule has 3 heteroatoms. The molecule has 0 atom stereocenters. The van der Waals surface area contributed by atoms with Crippen LogP contribution in [0, 0.1) is 10.8 Å². The quantitative estimate of drug-likeness (QED) is 0.455. The van der Waals surface area contributed by atoms with E-state index in [0.29, 0.717) is 9.79 Å². The zero-order valence-electron chi connectivity index (χ0n) is 21.3. The minimum atomic E-state index is -3.68. The lowest BCUT2D eigenvalue weighted by molar-refractivity contribution is 0.280. The van der Waals surface area contributed by atoms with Crippen LogP contribution in [0.2, 0.25) is 0 Å². The van der Waals surface area contributed by atoms with Crippen LogP contribution in [0.3, 0.4) is 0 Å². The van der Waals surface area contributed by atoms with Gasteiger partial charge >= 0.3 is 0 Å². The molecule has 172 valence electrons. The van der Waals surface area contributed by atoms with Crippen LogP contribution in [-0.4, -0.2) is 8.42 Å². The van der Waals surface area contributed by atoms with Crippen LogP contribution < -0.4 is 0 Å². The molecule has 0 saturated carbocycles. The molecule has 2 aromatic carbocycles. The fourth-order valence-electron chi connectivity index (χ4n) is 5.48. The van der Waals surface area contributed by atoms with E-state index in [0.717, 1.165) is 24.0 Å². The maximum absolute atomic E-state index is 14.1. The fourth-order valence-corrected chi connectivity index (χ4v) is 7.50. The standard InChI is InChI=1S/C28H42O2S/c1-25(2,3)19-27(7,8)21-15-11-13-17-23(21)31(29,30)24-18-14-12-16-22(24)28(9,10)20-26(4,5)6/h11-18H,19-20H2,1-10H3. The molecule has 0 fully saturated rings. The van der Waals surface area contributed by atoms with Crippen LogP contribution in [0.25, 0.3) is 0 Å². The molecular formula is C28H42O2S. The molecule has 0 spiro atoms. The second-order valence-electron chi connectivity index (χ2n) is 12.7. The molecule has 0 unspecified atom stereocenters. The van der Waals surface area contributed by atoms with Gasteiger partial charge in [-0.05, 0) is 57.8 Å². The molecule has 31 heavy (non-hydrogen) atoms. The van der Waals surface area contributed by atoms with Crippen molar-refractivity contribution in [3.05, 3.63) is 59.7 Å². The van der Waals surface area contributed by atoms with E-state index >= 15 is 0 Å². The van der Waals surface area contributed by atoms with Crippen molar-refractivity contribution >= 4 is 9.84 Å². The first-order chi connectivity index (χ1) is 13.9. The van der Waals surface area contributed by atoms with Crippen molar-refractivity contribution in [3.8, 4) is 0 Å². The molecular weight excluding hydrogens is 400 g/mol. The fraction of sp³-hybridized carbons (Fsp3) is 0.571. The summed E-state index contributed by atoms with van der Waals surface area (Å²) >= 11 is 0. The first-order valence-electron chi connectivity index (χ1n) is 11.3. The van der Waals surface area contributed by atoms with Crippen molar-refractivity contribution in [2.24, 2.45) is 10.8 Å². The van der Waals surface area contributed by atoms with E-state index in [1.807, 2.05) is 36.4 Å². The molecule has 0 amide bonds. The summed E-state index contributed by atoms with van der Waals surface area (Å²) in [5, 5.41) is 0. The lowest BCUT2D eigenvalue weighted by Gasteiger charge is -2.35. The minimum Gasteiger partial charge on any atom is -0.218 e. The molecule has 0 bridgehead atoms. The normalized spacial score (nSPS) is 14.0. The van der Waals surface area contributed by atoms with E-state index in [9.17, 15) is 8.42 Å². The highest BCUT2D eigenvalue weighted by Gasteiger charge is 2.36. The Bertz CT molecular complexity index is 936. The third-order valence-electron chi connectivity index (χ3n) is 5.76. The highest BCUT2D eigenvalue weighted by molar-refractivity contribution is 7.91. The predicted octanol–water partition coefficient (Wildman–Crippen LogP) is 7.95. The van der Waals surface area contributed by atoms with Crippen LogP contribution in [0.1, 0.15) is 93.2 Å². The largest absolute Gasteiger partial charge is 0.218 e. The smallest absolute Gasteiger partial charge is 0.207 e. The Morgan fingerprint density at radius 2 is 0.839 bits per heavy atom. The molecule has 0 heterocycles. The van der Waals surface area contributed by atoms with E-state index in [2.05, 4.69) is 69.2 Å². The molecule has 0 aromatic heterocycles. The molecule has 0 aliphatic heterocycles. The average Bonchev–Trinajstić information content (AvgIpc) is 2.58. The molecule has 2 aromatic rings. The molecule has 0 N–H and O–H groups in total. The maximum atomic E-state index is 14.1. The number of rotatable bonds is 6. The third kappa shape index (κ3) is 6.22. The summed E-state index contributed by atoms with van der Waals surface area (Å²) in [5.74, 6) is 0. The van der Waals surface area contributed by atoms with Gasteiger partial charge in [0.1, 0.15) is 0 Å². The number of sulfone groups is 1. The second-order valence-corrected chi connectivity index (χ2v) is 14.6. The van der Waals surface area contributed by atoms with Gasteiger partial charge in [0.2, 0.25) is 9.84 Å². The molecule has 0 radical (unpaired) electrons. The van der Waals surface area contributed by atoms with E-state index in [1.54, 1.807) is 12.1 Å². The Kier molecular flexibility index (Phi) is 6.94. The van der Waals surface area contributed by atoms with Crippen LogP contribution in [0.15, 0.2) is 58.3 Å². The lowest BCUT2D eigenvalue weighted by Crippen LogP contribution is -2.29. The van der Waals surface area contributed by atoms with Crippen molar-refractivity contribution in [3.63, 3.8) is 0 Å². The summed E-state index contributed by atoms with van der Waals surface area (Å²) < 4.78 is 28.2. The third-order valence-corrected chi connectivity index (χ3v) is 7.63. The summed E-state index contributed by atoms with van der Waals surface area (Å²) in [6, 6.07) is 15.1. The highest BCUT2D eigenvalue weighted by atomic mass is 32.2. The van der Waals surface area contributed by atoms with Crippen molar-refractivity contribution in [1.82, 2.24) is 0 Å². The van der Waals surface area contributed by atoms with Gasteiger partial charge < -0.3 is 0 Å². The topological polar surface area (TPSA) is 34.1 Å². The molecule has 0 aliphatic rings. The first kappa shape index (κ1) is 25.6. The zero-order chi connectivity index (χ0) is 23.9. The van der Waals surface area contributed by atoms with Gasteiger partial charge in [-0.1, -0.05) is 106 Å². The summed E-state index contributed by atoms with van der Waals surface area (Å²) in [5.41, 5.74) is 1.44. The van der Waals surface area contributed by atoms with Gasteiger partial charge in [-0.2, -0.15) is 0 Å². The molecule has 0 saturated heterocycles. The molecule has 0 aliphatic carbocycles. The minimum absolute atomic E-state index is 0.0903. The van der Waals surface area contributed by atoms with Crippen molar-refractivity contribution in [1.29, 1.82) is 0 Å². The monoisotopic (exact) mass is 442 g/mol. The number of hydrogen-bond acceptors (Lipinski definition) is 2. The van der Waals surface area contributed by atoms with Crippen LogP contribution in [0.4, 0.5) is 0 Å². The molecule has 2 nitrogen and oxygen atoms in total. The maximum Gasteiger partial charge on any atom is 0.207 e. The van der Waals surface area contributed by atoms with Gasteiger partial charge in [-0.3, -0.25) is 0 Å². The summed E-state index contributed by atoms with van der Waals surface area (Å²) in [6.07, 6.45) is 1.79. The van der Waals surface area contributed by atoms with Gasteiger partial charge in [0, 0.05) is 0 Å². The molecule has 2 rings (SSSR count). The summed E-state index contributed by atoms with van der Waals surface area (Å²) in [4.78, 5) is 0.867. The Hall–Kier alpha value is -1.61. The second kappa shape index (κ2) is 8.39. The summed E-state index contributed by atoms with van der Waals surface area (Å²) in [6.45, 7) is 21.8. The first-order valence-corrected chi connectivity index (χ1v) is 12.8. The van der Waals surface area contributed by atoms with Gasteiger partial charge in [0.15, 0.2) is 0 Å². The van der Waals surface area contributed by atoms with Gasteiger partial charge in [-0.25, -0.2) is 8.42 Å². The van der Waals surface area contributed by atoms with Crippen molar-refractivity contribution in [2.75, 3.05) is 0 Å². The van der Waals surface area contributed by atoms with E-state index in [-0.39, 0.29) is 21.7 Å². The predicted molar refractivity (Wildman–Crippen MR) is 133 cm³/mol. The number of benzene rings is 2. The Morgan fingerprint density at radius 3 is 1.13 bits per heavy atom. The highest BCUT2D eigenvalue weighted by Crippen LogP contribution is 2.43. The average molecular weight is 443 g/mol. The van der Waals surface area contributed by atoms with E-state index < -0.39 is 9.84 Å². The van der Waals surface area contributed by atoms with Crippen LogP contribution >= 0.6 is 0 Å². The van der Waals surface area contributed by atoms with Crippen molar-refractivity contribution in [2.45, 2.75) is 103 Å². The van der Waals surface area contributed by atoms with E-state index in [1.165, 1.54) is 0 Å². The van der Waals surface area contributed by atoms with Crippen molar-refractivity contribution < 1.29 is 8.42 Å². The Morgan fingerprint density at radius 1 is 0.548 bits per heavy atom. The van der Waals surface area contributed by atoms with Gasteiger partial charge in [0.25, 0.3) is 0 Å². The lowest BCUT2D eigenvalue weighted by atomic mass is 9.72. The van der Waals surface area contributed by atoms with Crippen LogP contribution in [0.5, 0.6) is 0 Å². The SMILES string of the molecule is CC(C)(C)CC(C)(C)c1ccccc1S(=O)(=O)c1ccccc1C(C)(C)CC(C)(C)C. The van der Waals surface area contributed by atoms with E-state index in [4.69, 9.17) is 0 Å². The van der Waals surface area contributed by atoms with Crippen LogP contribution in [-0.2, 0) is 20.7 Å². The number of hydrogen-bond donors (Lipinski definition) is 0. The zero-order valence-corrected chi connectivity index (χ0v) is 22.1. The van der Waals surface area contributed by atoms with Gasteiger partial charge in [0.05, 0.1) is 9.79 Å².